The van der Waals surface area contributed by atoms with Crippen LogP contribution in [-0.4, -0.2) is 29.7 Å². The summed E-state index contributed by atoms with van der Waals surface area (Å²) in [5.74, 6) is 1.08. The summed E-state index contributed by atoms with van der Waals surface area (Å²) >= 11 is 5.38. The Morgan fingerprint density at radius 3 is 2.55 bits per heavy atom. The molecule has 0 radical (unpaired) electrons. The van der Waals surface area contributed by atoms with Crippen LogP contribution in [0.5, 0.6) is 0 Å². The number of thioether (sulfide) groups is 1. The fourth-order valence-corrected chi connectivity index (χ4v) is 4.65. The Morgan fingerprint density at radius 2 is 1.90 bits per heavy atom. The SMILES string of the molecule is Cc1cc(Br)cc(C)c1NC1=NC2(CCOCC2)CS1. The van der Waals surface area contributed by atoms with Gasteiger partial charge >= 0.3 is 0 Å². The van der Waals surface area contributed by atoms with Gasteiger partial charge in [0.2, 0.25) is 0 Å². The third-order valence-electron chi connectivity index (χ3n) is 3.97. The van der Waals surface area contributed by atoms with E-state index in [1.807, 2.05) is 11.8 Å². The fourth-order valence-electron chi connectivity index (χ4n) is 2.77. The van der Waals surface area contributed by atoms with Gasteiger partial charge in [-0.2, -0.15) is 0 Å². The van der Waals surface area contributed by atoms with Gasteiger partial charge in [0.1, 0.15) is 0 Å². The summed E-state index contributed by atoms with van der Waals surface area (Å²) in [7, 11) is 0. The van der Waals surface area contributed by atoms with Crippen molar-refractivity contribution in [2.24, 2.45) is 4.99 Å². The van der Waals surface area contributed by atoms with Crippen molar-refractivity contribution in [1.29, 1.82) is 0 Å². The summed E-state index contributed by atoms with van der Waals surface area (Å²) in [5, 5.41) is 4.58. The van der Waals surface area contributed by atoms with Gasteiger partial charge < -0.3 is 10.1 Å². The van der Waals surface area contributed by atoms with E-state index in [1.165, 1.54) is 16.8 Å². The molecule has 0 aromatic heterocycles. The predicted molar refractivity (Wildman–Crippen MR) is 89.9 cm³/mol. The number of ether oxygens (including phenoxy) is 1. The van der Waals surface area contributed by atoms with E-state index in [0.29, 0.717) is 0 Å². The maximum absolute atomic E-state index is 5.46. The number of hydrogen-bond donors (Lipinski definition) is 1. The molecule has 0 saturated carbocycles. The van der Waals surface area contributed by atoms with Crippen molar-refractivity contribution >= 4 is 38.5 Å². The second kappa shape index (κ2) is 5.70. The highest BCUT2D eigenvalue weighted by atomic mass is 79.9. The van der Waals surface area contributed by atoms with E-state index in [9.17, 15) is 0 Å². The van der Waals surface area contributed by atoms with E-state index in [0.717, 1.165) is 41.4 Å². The smallest absolute Gasteiger partial charge is 0.161 e. The quantitative estimate of drug-likeness (QED) is 0.822. The number of hydrogen-bond acceptors (Lipinski definition) is 4. The Morgan fingerprint density at radius 1 is 1.25 bits per heavy atom. The second-order valence-corrected chi connectivity index (χ2v) is 7.46. The van der Waals surface area contributed by atoms with Crippen molar-refractivity contribution in [3.63, 3.8) is 0 Å². The molecule has 2 heterocycles. The highest BCUT2D eigenvalue weighted by Gasteiger charge is 2.37. The number of amidine groups is 1. The monoisotopic (exact) mass is 354 g/mol. The minimum atomic E-state index is 0.114. The summed E-state index contributed by atoms with van der Waals surface area (Å²) < 4.78 is 6.58. The lowest BCUT2D eigenvalue weighted by Crippen LogP contribution is -2.34. The number of aliphatic imine (C=N–C) groups is 1. The van der Waals surface area contributed by atoms with Crippen LogP contribution in [0.4, 0.5) is 5.69 Å². The van der Waals surface area contributed by atoms with Gasteiger partial charge in [0, 0.05) is 29.1 Å². The zero-order valence-electron chi connectivity index (χ0n) is 11.8. The van der Waals surface area contributed by atoms with Gasteiger partial charge in [0.15, 0.2) is 5.17 Å². The Bertz CT molecular complexity index is 530. The van der Waals surface area contributed by atoms with Crippen molar-refractivity contribution < 1.29 is 4.74 Å². The normalized spacial score (nSPS) is 21.1. The van der Waals surface area contributed by atoms with E-state index >= 15 is 0 Å². The van der Waals surface area contributed by atoms with Gasteiger partial charge in [-0.25, -0.2) is 0 Å². The lowest BCUT2D eigenvalue weighted by atomic mass is 9.93. The summed E-state index contributed by atoms with van der Waals surface area (Å²) in [6.45, 7) is 5.94. The number of halogens is 1. The molecule has 0 unspecified atom stereocenters. The van der Waals surface area contributed by atoms with Crippen LogP contribution in [0.3, 0.4) is 0 Å². The van der Waals surface area contributed by atoms with Gasteiger partial charge in [-0.15, -0.1) is 0 Å². The van der Waals surface area contributed by atoms with Crippen molar-refractivity contribution in [2.45, 2.75) is 32.2 Å². The molecule has 108 valence electrons. The number of aryl methyl sites for hydroxylation is 2. The van der Waals surface area contributed by atoms with Gasteiger partial charge in [-0.3, -0.25) is 4.99 Å². The molecule has 1 spiro atoms. The minimum absolute atomic E-state index is 0.114. The zero-order valence-corrected chi connectivity index (χ0v) is 14.2. The van der Waals surface area contributed by atoms with Crippen LogP contribution in [0.1, 0.15) is 24.0 Å². The molecule has 2 aliphatic rings. The molecule has 20 heavy (non-hydrogen) atoms. The topological polar surface area (TPSA) is 33.6 Å². The highest BCUT2D eigenvalue weighted by Crippen LogP contribution is 2.37. The Balaban J connectivity index is 1.80. The zero-order chi connectivity index (χ0) is 14.2. The summed E-state index contributed by atoms with van der Waals surface area (Å²) in [4.78, 5) is 4.96. The predicted octanol–water partition coefficient (Wildman–Crippen LogP) is 4.13. The molecule has 2 aliphatic heterocycles. The Labute approximate surface area is 132 Å². The number of anilines is 1. The largest absolute Gasteiger partial charge is 0.381 e. The molecule has 3 nitrogen and oxygen atoms in total. The van der Waals surface area contributed by atoms with Crippen LogP contribution in [0.15, 0.2) is 21.6 Å². The summed E-state index contributed by atoms with van der Waals surface area (Å²) in [6, 6.07) is 4.28. The van der Waals surface area contributed by atoms with Crippen molar-refractivity contribution in [3.05, 3.63) is 27.7 Å². The molecule has 1 fully saturated rings. The summed E-state index contributed by atoms with van der Waals surface area (Å²) in [5.41, 5.74) is 3.78. The molecule has 0 bridgehead atoms. The molecule has 3 rings (SSSR count). The van der Waals surface area contributed by atoms with Crippen LogP contribution in [-0.2, 0) is 4.74 Å². The van der Waals surface area contributed by atoms with Crippen LogP contribution in [0.25, 0.3) is 0 Å². The van der Waals surface area contributed by atoms with Crippen molar-refractivity contribution in [2.75, 3.05) is 24.3 Å². The molecule has 1 aromatic rings. The minimum Gasteiger partial charge on any atom is -0.381 e. The van der Waals surface area contributed by atoms with E-state index in [4.69, 9.17) is 9.73 Å². The van der Waals surface area contributed by atoms with Gasteiger partial charge in [-0.05, 0) is 49.9 Å². The van der Waals surface area contributed by atoms with E-state index in [1.54, 1.807) is 0 Å². The van der Waals surface area contributed by atoms with Crippen molar-refractivity contribution in [3.8, 4) is 0 Å². The first-order valence-electron chi connectivity index (χ1n) is 6.92. The third-order valence-corrected chi connectivity index (χ3v) is 5.58. The number of benzene rings is 1. The van der Waals surface area contributed by atoms with E-state index in [-0.39, 0.29) is 5.54 Å². The molecular weight excluding hydrogens is 336 g/mol. The third kappa shape index (κ3) is 2.90. The molecule has 5 heteroatoms. The standard InChI is InChI=1S/C15H19BrN2OS/c1-10-7-12(16)8-11(2)13(10)17-14-18-15(9-20-14)3-5-19-6-4-15/h7-8H,3-6,9H2,1-2H3,(H,17,18). The molecule has 0 aliphatic carbocycles. The maximum Gasteiger partial charge on any atom is 0.161 e. The highest BCUT2D eigenvalue weighted by molar-refractivity contribution is 9.10. The average Bonchev–Trinajstić information content (AvgIpc) is 2.77. The Kier molecular flexibility index (Phi) is 4.11. The van der Waals surface area contributed by atoms with Gasteiger partial charge in [0.25, 0.3) is 0 Å². The lowest BCUT2D eigenvalue weighted by molar-refractivity contribution is 0.0624. The lowest BCUT2D eigenvalue weighted by Gasteiger charge is -2.29. The van der Waals surface area contributed by atoms with Gasteiger partial charge in [0.05, 0.1) is 5.54 Å². The van der Waals surface area contributed by atoms with Crippen LogP contribution >= 0.6 is 27.7 Å². The van der Waals surface area contributed by atoms with Crippen LogP contribution in [0.2, 0.25) is 0 Å². The fraction of sp³-hybridized carbons (Fsp3) is 0.533. The maximum atomic E-state index is 5.46. The summed E-state index contributed by atoms with van der Waals surface area (Å²) in [6.07, 6.45) is 2.09. The molecule has 1 aromatic carbocycles. The number of nitrogens with zero attached hydrogens (tertiary/aromatic N) is 1. The molecule has 0 amide bonds. The molecule has 0 atom stereocenters. The first-order valence-corrected chi connectivity index (χ1v) is 8.70. The van der Waals surface area contributed by atoms with Crippen LogP contribution in [0, 0.1) is 13.8 Å². The number of nitrogens with one attached hydrogen (secondary N) is 1. The molecule has 1 N–H and O–H groups in total. The second-order valence-electron chi connectivity index (χ2n) is 5.58. The Hall–Kier alpha value is -0.520. The average molecular weight is 355 g/mol. The number of rotatable bonds is 1. The van der Waals surface area contributed by atoms with Gasteiger partial charge in [-0.1, -0.05) is 27.7 Å². The molecular formula is C15H19BrN2OS. The van der Waals surface area contributed by atoms with E-state index in [2.05, 4.69) is 47.2 Å². The van der Waals surface area contributed by atoms with E-state index < -0.39 is 0 Å². The van der Waals surface area contributed by atoms with Crippen LogP contribution < -0.4 is 5.32 Å². The molecule has 1 saturated heterocycles. The first-order chi connectivity index (χ1) is 9.58. The first kappa shape index (κ1) is 14.4. The van der Waals surface area contributed by atoms with Crippen molar-refractivity contribution in [1.82, 2.24) is 0 Å².